The summed E-state index contributed by atoms with van der Waals surface area (Å²) < 4.78 is 5.91. The Hall–Kier alpha value is -2.78. The Morgan fingerprint density at radius 1 is 1.05 bits per heavy atom. The Balaban J connectivity index is 2.36. The van der Waals surface area contributed by atoms with Gasteiger partial charge < -0.3 is 4.74 Å². The summed E-state index contributed by atoms with van der Waals surface area (Å²) in [7, 11) is 0. The number of rotatable bonds is 4. The summed E-state index contributed by atoms with van der Waals surface area (Å²) in [5.41, 5.74) is 1.83. The SMILES string of the molecule is CCC(C)c1ccccc1Oc1ccc(C#N)c(C#N)c1. The molecule has 0 heterocycles. The van der Waals surface area contributed by atoms with Crippen LogP contribution in [0.3, 0.4) is 0 Å². The zero-order valence-corrected chi connectivity index (χ0v) is 12.1. The zero-order valence-electron chi connectivity index (χ0n) is 12.1. The van der Waals surface area contributed by atoms with E-state index in [0.29, 0.717) is 22.8 Å². The standard InChI is InChI=1S/C18H16N2O/c1-3-13(2)17-6-4-5-7-18(17)21-16-9-8-14(11-19)15(10-16)12-20/h4-10,13H,3H2,1-2H3. The summed E-state index contributed by atoms with van der Waals surface area (Å²) in [6, 6.07) is 16.8. The molecule has 1 atom stereocenters. The molecule has 104 valence electrons. The summed E-state index contributed by atoms with van der Waals surface area (Å²) in [5.74, 6) is 1.76. The molecule has 0 aromatic heterocycles. The molecule has 0 aliphatic carbocycles. The fraction of sp³-hybridized carbons (Fsp3) is 0.222. The van der Waals surface area contributed by atoms with E-state index in [1.54, 1.807) is 18.2 Å². The van der Waals surface area contributed by atoms with E-state index in [1.807, 2.05) is 30.3 Å². The second-order valence-corrected chi connectivity index (χ2v) is 4.88. The lowest BCUT2D eigenvalue weighted by Gasteiger charge is -2.15. The first-order valence-electron chi connectivity index (χ1n) is 6.90. The molecule has 0 radical (unpaired) electrons. The van der Waals surface area contributed by atoms with E-state index < -0.39 is 0 Å². The normalized spacial score (nSPS) is 11.2. The van der Waals surface area contributed by atoms with Gasteiger partial charge in [0.05, 0.1) is 11.1 Å². The first-order chi connectivity index (χ1) is 10.2. The summed E-state index contributed by atoms with van der Waals surface area (Å²) >= 11 is 0. The van der Waals surface area contributed by atoms with Gasteiger partial charge in [-0.15, -0.1) is 0 Å². The summed E-state index contributed by atoms with van der Waals surface area (Å²) in [6.07, 6.45) is 1.02. The predicted octanol–water partition coefficient (Wildman–Crippen LogP) is 4.74. The van der Waals surface area contributed by atoms with Crippen molar-refractivity contribution in [3.63, 3.8) is 0 Å². The largest absolute Gasteiger partial charge is 0.457 e. The van der Waals surface area contributed by atoms with Gasteiger partial charge in [0, 0.05) is 0 Å². The molecule has 3 nitrogen and oxygen atoms in total. The minimum Gasteiger partial charge on any atom is -0.457 e. The first kappa shape index (κ1) is 14.6. The molecule has 2 aromatic rings. The minimum absolute atomic E-state index is 0.330. The van der Waals surface area contributed by atoms with Crippen LogP contribution in [-0.4, -0.2) is 0 Å². The molecular formula is C18H16N2O. The maximum absolute atomic E-state index is 9.06. The van der Waals surface area contributed by atoms with Gasteiger partial charge in [0.2, 0.25) is 0 Å². The van der Waals surface area contributed by atoms with Gasteiger partial charge in [0.15, 0.2) is 0 Å². The molecule has 2 aromatic carbocycles. The number of nitriles is 2. The number of nitrogens with zero attached hydrogens (tertiary/aromatic N) is 2. The van der Waals surface area contributed by atoms with E-state index in [2.05, 4.69) is 19.9 Å². The molecule has 21 heavy (non-hydrogen) atoms. The fourth-order valence-electron chi connectivity index (χ4n) is 2.10. The average Bonchev–Trinajstić information content (AvgIpc) is 2.54. The molecule has 0 saturated heterocycles. The van der Waals surface area contributed by atoms with E-state index in [4.69, 9.17) is 15.3 Å². The van der Waals surface area contributed by atoms with Crippen molar-refractivity contribution in [1.82, 2.24) is 0 Å². The lowest BCUT2D eigenvalue weighted by molar-refractivity contribution is 0.470. The van der Waals surface area contributed by atoms with E-state index >= 15 is 0 Å². The number of hydrogen-bond donors (Lipinski definition) is 0. The van der Waals surface area contributed by atoms with Crippen LogP contribution in [0.15, 0.2) is 42.5 Å². The van der Waals surface area contributed by atoms with Crippen LogP contribution in [0.1, 0.15) is 42.9 Å². The van der Waals surface area contributed by atoms with Gasteiger partial charge in [0.1, 0.15) is 23.6 Å². The van der Waals surface area contributed by atoms with Crippen molar-refractivity contribution < 1.29 is 4.74 Å². The average molecular weight is 276 g/mol. The van der Waals surface area contributed by atoms with Crippen molar-refractivity contribution >= 4 is 0 Å². The van der Waals surface area contributed by atoms with Crippen molar-refractivity contribution in [3.8, 4) is 23.6 Å². The second-order valence-electron chi connectivity index (χ2n) is 4.88. The van der Waals surface area contributed by atoms with Crippen LogP contribution in [0.25, 0.3) is 0 Å². The molecule has 2 rings (SSSR count). The van der Waals surface area contributed by atoms with E-state index in [9.17, 15) is 0 Å². The monoisotopic (exact) mass is 276 g/mol. The van der Waals surface area contributed by atoms with Crippen LogP contribution in [0.2, 0.25) is 0 Å². The molecule has 0 aliphatic heterocycles. The highest BCUT2D eigenvalue weighted by Crippen LogP contribution is 2.32. The maximum Gasteiger partial charge on any atom is 0.130 e. The maximum atomic E-state index is 9.06. The van der Waals surface area contributed by atoms with Crippen LogP contribution in [0, 0.1) is 22.7 Å². The zero-order chi connectivity index (χ0) is 15.2. The van der Waals surface area contributed by atoms with Crippen molar-refractivity contribution in [2.45, 2.75) is 26.2 Å². The van der Waals surface area contributed by atoms with Crippen molar-refractivity contribution in [3.05, 3.63) is 59.2 Å². The third-order valence-corrected chi connectivity index (χ3v) is 3.52. The second kappa shape index (κ2) is 6.59. The predicted molar refractivity (Wildman–Crippen MR) is 81.1 cm³/mol. The number of ether oxygens (including phenoxy) is 1. The van der Waals surface area contributed by atoms with Gasteiger partial charge >= 0.3 is 0 Å². The van der Waals surface area contributed by atoms with Crippen LogP contribution in [0.5, 0.6) is 11.5 Å². The Morgan fingerprint density at radius 2 is 1.76 bits per heavy atom. The van der Waals surface area contributed by atoms with Crippen molar-refractivity contribution in [2.24, 2.45) is 0 Å². The van der Waals surface area contributed by atoms with Crippen LogP contribution in [-0.2, 0) is 0 Å². The topological polar surface area (TPSA) is 56.8 Å². The smallest absolute Gasteiger partial charge is 0.130 e. The third-order valence-electron chi connectivity index (χ3n) is 3.52. The molecule has 0 bridgehead atoms. The van der Waals surface area contributed by atoms with Crippen LogP contribution >= 0.6 is 0 Å². The Kier molecular flexibility index (Phi) is 4.59. The highest BCUT2D eigenvalue weighted by Gasteiger charge is 2.11. The van der Waals surface area contributed by atoms with E-state index in [-0.39, 0.29) is 0 Å². The quantitative estimate of drug-likeness (QED) is 0.810. The molecular weight excluding hydrogens is 260 g/mol. The number of para-hydroxylation sites is 1. The first-order valence-corrected chi connectivity index (χ1v) is 6.90. The summed E-state index contributed by atoms with van der Waals surface area (Å²) in [6.45, 7) is 4.29. The van der Waals surface area contributed by atoms with Crippen LogP contribution in [0.4, 0.5) is 0 Å². The highest BCUT2D eigenvalue weighted by molar-refractivity contribution is 5.50. The summed E-state index contributed by atoms with van der Waals surface area (Å²) in [4.78, 5) is 0. The molecule has 0 aliphatic rings. The lowest BCUT2D eigenvalue weighted by atomic mass is 9.98. The minimum atomic E-state index is 0.330. The Morgan fingerprint density at radius 3 is 2.43 bits per heavy atom. The van der Waals surface area contributed by atoms with Gasteiger partial charge in [-0.05, 0) is 42.2 Å². The number of benzene rings is 2. The van der Waals surface area contributed by atoms with Crippen molar-refractivity contribution in [2.75, 3.05) is 0 Å². The van der Waals surface area contributed by atoms with Gasteiger partial charge in [-0.1, -0.05) is 32.0 Å². The Bertz CT molecular complexity index is 723. The third kappa shape index (κ3) is 3.22. The van der Waals surface area contributed by atoms with Gasteiger partial charge in [-0.3, -0.25) is 0 Å². The van der Waals surface area contributed by atoms with Gasteiger partial charge in [0.25, 0.3) is 0 Å². The lowest BCUT2D eigenvalue weighted by Crippen LogP contribution is -1.96. The van der Waals surface area contributed by atoms with E-state index in [1.165, 1.54) is 0 Å². The molecule has 0 fully saturated rings. The highest BCUT2D eigenvalue weighted by atomic mass is 16.5. The van der Waals surface area contributed by atoms with Crippen LogP contribution < -0.4 is 4.74 Å². The molecule has 3 heteroatoms. The fourth-order valence-corrected chi connectivity index (χ4v) is 2.10. The van der Waals surface area contributed by atoms with Crippen molar-refractivity contribution in [1.29, 1.82) is 10.5 Å². The summed E-state index contributed by atoms with van der Waals surface area (Å²) in [5, 5.41) is 18.0. The van der Waals surface area contributed by atoms with Gasteiger partial charge in [-0.25, -0.2) is 0 Å². The number of hydrogen-bond acceptors (Lipinski definition) is 3. The molecule has 0 N–H and O–H groups in total. The Labute approximate surface area is 125 Å². The molecule has 1 unspecified atom stereocenters. The van der Waals surface area contributed by atoms with Gasteiger partial charge in [-0.2, -0.15) is 10.5 Å². The molecule has 0 saturated carbocycles. The van der Waals surface area contributed by atoms with E-state index in [0.717, 1.165) is 17.7 Å². The molecule has 0 amide bonds. The molecule has 0 spiro atoms.